The Balaban J connectivity index is 2.35. The summed E-state index contributed by atoms with van der Waals surface area (Å²) in [6, 6.07) is 7.21. The van der Waals surface area contributed by atoms with Gasteiger partial charge in [-0.15, -0.1) is 0 Å². The van der Waals surface area contributed by atoms with Gasteiger partial charge in [0.15, 0.2) is 0 Å². The lowest BCUT2D eigenvalue weighted by molar-refractivity contribution is 0.308. The molecule has 0 unspecified atom stereocenters. The van der Waals surface area contributed by atoms with E-state index in [1.165, 1.54) is 0 Å². The molecule has 1 aromatic rings. The number of rotatable bonds is 5. The van der Waals surface area contributed by atoms with Gasteiger partial charge in [0, 0.05) is 11.4 Å². The van der Waals surface area contributed by atoms with Gasteiger partial charge in [-0.2, -0.15) is 5.26 Å². The number of nitrogens with zero attached hydrogens (tertiary/aromatic N) is 1. The molecule has 15 heavy (non-hydrogen) atoms. The summed E-state index contributed by atoms with van der Waals surface area (Å²) in [5.74, 6) is 0.637. The van der Waals surface area contributed by atoms with Crippen LogP contribution >= 0.6 is 23.2 Å². The van der Waals surface area contributed by atoms with Crippen LogP contribution in [0.1, 0.15) is 19.3 Å². The van der Waals surface area contributed by atoms with E-state index in [0.717, 1.165) is 12.8 Å². The van der Waals surface area contributed by atoms with Gasteiger partial charge in [0.25, 0.3) is 0 Å². The monoisotopic (exact) mass is 243 g/mol. The maximum atomic E-state index is 8.33. The standard InChI is InChI=1S/C11H11Cl2NO/c12-9-4-5-11(10(13)8-9)15-7-3-1-2-6-14/h4-5,8H,1-3,7H2. The first-order chi connectivity index (χ1) is 7.24. The van der Waals surface area contributed by atoms with Gasteiger partial charge in [0.05, 0.1) is 17.7 Å². The molecule has 0 aliphatic rings. The number of benzene rings is 1. The van der Waals surface area contributed by atoms with E-state index in [-0.39, 0.29) is 0 Å². The number of halogens is 2. The number of hydrogen-bond acceptors (Lipinski definition) is 2. The number of hydrogen-bond donors (Lipinski definition) is 0. The second-order valence-corrected chi connectivity index (χ2v) is 3.88. The fourth-order valence-corrected chi connectivity index (χ4v) is 1.54. The third kappa shape index (κ3) is 4.42. The number of nitriles is 1. The zero-order valence-electron chi connectivity index (χ0n) is 8.17. The average molecular weight is 244 g/mol. The third-order valence-corrected chi connectivity index (χ3v) is 2.36. The van der Waals surface area contributed by atoms with Gasteiger partial charge in [-0.25, -0.2) is 0 Å². The summed E-state index contributed by atoms with van der Waals surface area (Å²) in [5, 5.41) is 9.44. The van der Waals surface area contributed by atoms with E-state index >= 15 is 0 Å². The van der Waals surface area contributed by atoms with Gasteiger partial charge in [0.2, 0.25) is 0 Å². The summed E-state index contributed by atoms with van der Waals surface area (Å²) < 4.78 is 5.44. The average Bonchev–Trinajstić information content (AvgIpc) is 2.20. The second-order valence-electron chi connectivity index (χ2n) is 3.04. The Labute approximate surface area is 99.4 Å². The van der Waals surface area contributed by atoms with Crippen LogP contribution in [0.4, 0.5) is 0 Å². The SMILES string of the molecule is N#CCCCCOc1ccc(Cl)cc1Cl. The van der Waals surface area contributed by atoms with E-state index in [4.69, 9.17) is 33.2 Å². The van der Waals surface area contributed by atoms with Crippen molar-refractivity contribution >= 4 is 23.2 Å². The molecule has 80 valence electrons. The number of unbranched alkanes of at least 4 members (excludes halogenated alkanes) is 2. The van der Waals surface area contributed by atoms with Crippen molar-refractivity contribution in [3.8, 4) is 11.8 Å². The Morgan fingerprint density at radius 2 is 2.07 bits per heavy atom. The smallest absolute Gasteiger partial charge is 0.137 e. The van der Waals surface area contributed by atoms with Crippen molar-refractivity contribution in [1.29, 1.82) is 5.26 Å². The van der Waals surface area contributed by atoms with Crippen LogP contribution in [0.3, 0.4) is 0 Å². The first-order valence-electron chi connectivity index (χ1n) is 4.69. The minimum Gasteiger partial charge on any atom is -0.492 e. The van der Waals surface area contributed by atoms with Crippen molar-refractivity contribution in [2.75, 3.05) is 6.61 Å². The Kier molecular flexibility index (Phi) is 5.31. The predicted molar refractivity (Wildman–Crippen MR) is 61.4 cm³/mol. The molecule has 0 bridgehead atoms. The molecule has 2 nitrogen and oxygen atoms in total. The van der Waals surface area contributed by atoms with Gasteiger partial charge in [-0.3, -0.25) is 0 Å². The molecule has 0 spiro atoms. The third-order valence-electron chi connectivity index (χ3n) is 1.83. The molecule has 0 fully saturated rings. The topological polar surface area (TPSA) is 33.0 Å². The van der Waals surface area contributed by atoms with Crippen molar-refractivity contribution in [1.82, 2.24) is 0 Å². The van der Waals surface area contributed by atoms with Crippen LogP contribution in [0.15, 0.2) is 18.2 Å². The van der Waals surface area contributed by atoms with E-state index in [9.17, 15) is 0 Å². The van der Waals surface area contributed by atoms with Gasteiger partial charge in [-0.05, 0) is 31.0 Å². The maximum absolute atomic E-state index is 8.33. The molecule has 1 rings (SSSR count). The van der Waals surface area contributed by atoms with Crippen LogP contribution in [-0.2, 0) is 0 Å². The van der Waals surface area contributed by atoms with Gasteiger partial charge in [0.1, 0.15) is 5.75 Å². The molecular formula is C11H11Cl2NO. The van der Waals surface area contributed by atoms with E-state index in [2.05, 4.69) is 6.07 Å². The summed E-state index contributed by atoms with van der Waals surface area (Å²) >= 11 is 11.7. The fraction of sp³-hybridized carbons (Fsp3) is 0.364. The first kappa shape index (κ1) is 12.2. The molecule has 0 amide bonds. The van der Waals surface area contributed by atoms with Gasteiger partial charge in [-0.1, -0.05) is 23.2 Å². The summed E-state index contributed by atoms with van der Waals surface area (Å²) in [6.45, 7) is 0.572. The highest BCUT2D eigenvalue weighted by atomic mass is 35.5. The lowest BCUT2D eigenvalue weighted by Gasteiger charge is -2.07. The Bertz CT molecular complexity index is 360. The highest BCUT2D eigenvalue weighted by Crippen LogP contribution is 2.27. The van der Waals surface area contributed by atoms with Crippen LogP contribution in [0.2, 0.25) is 10.0 Å². The summed E-state index contributed by atoms with van der Waals surface area (Å²) in [7, 11) is 0. The zero-order chi connectivity index (χ0) is 11.1. The molecule has 0 atom stereocenters. The normalized spacial score (nSPS) is 9.67. The Hall–Kier alpha value is -0.910. The molecule has 0 heterocycles. The Morgan fingerprint density at radius 3 is 2.73 bits per heavy atom. The molecule has 1 aromatic carbocycles. The van der Waals surface area contributed by atoms with Crippen LogP contribution in [0.5, 0.6) is 5.75 Å². The van der Waals surface area contributed by atoms with Gasteiger partial charge >= 0.3 is 0 Å². The van der Waals surface area contributed by atoms with E-state index in [1.54, 1.807) is 18.2 Å². The minimum atomic E-state index is 0.516. The van der Waals surface area contributed by atoms with Crippen LogP contribution < -0.4 is 4.74 Å². The lowest BCUT2D eigenvalue weighted by atomic mass is 10.2. The summed E-state index contributed by atoms with van der Waals surface area (Å²) in [6.07, 6.45) is 2.27. The second kappa shape index (κ2) is 6.55. The zero-order valence-corrected chi connectivity index (χ0v) is 9.68. The molecular weight excluding hydrogens is 233 g/mol. The van der Waals surface area contributed by atoms with E-state index < -0.39 is 0 Å². The van der Waals surface area contributed by atoms with Crippen LogP contribution in [0.25, 0.3) is 0 Å². The highest BCUT2D eigenvalue weighted by molar-refractivity contribution is 6.35. The van der Waals surface area contributed by atoms with Crippen molar-refractivity contribution in [3.05, 3.63) is 28.2 Å². The van der Waals surface area contributed by atoms with Crippen LogP contribution in [0, 0.1) is 11.3 Å². The fourth-order valence-electron chi connectivity index (χ4n) is 1.08. The molecule has 0 aliphatic heterocycles. The van der Waals surface area contributed by atoms with Crippen molar-refractivity contribution in [3.63, 3.8) is 0 Å². The highest BCUT2D eigenvalue weighted by Gasteiger charge is 2.01. The minimum absolute atomic E-state index is 0.516. The molecule has 0 saturated carbocycles. The maximum Gasteiger partial charge on any atom is 0.137 e. The largest absolute Gasteiger partial charge is 0.492 e. The molecule has 0 radical (unpaired) electrons. The summed E-state index contributed by atoms with van der Waals surface area (Å²) in [5.41, 5.74) is 0. The molecule has 0 aliphatic carbocycles. The molecule has 0 aromatic heterocycles. The van der Waals surface area contributed by atoms with Crippen molar-refractivity contribution < 1.29 is 4.74 Å². The van der Waals surface area contributed by atoms with Crippen molar-refractivity contribution in [2.24, 2.45) is 0 Å². The van der Waals surface area contributed by atoms with Gasteiger partial charge < -0.3 is 4.74 Å². The Morgan fingerprint density at radius 1 is 1.27 bits per heavy atom. The first-order valence-corrected chi connectivity index (χ1v) is 5.44. The number of ether oxygens (including phenoxy) is 1. The molecule has 4 heteroatoms. The van der Waals surface area contributed by atoms with Crippen LogP contribution in [-0.4, -0.2) is 6.61 Å². The predicted octanol–water partition coefficient (Wildman–Crippen LogP) is 4.07. The lowest BCUT2D eigenvalue weighted by Crippen LogP contribution is -1.97. The molecule has 0 N–H and O–H groups in total. The summed E-state index contributed by atoms with van der Waals surface area (Å²) in [4.78, 5) is 0. The van der Waals surface area contributed by atoms with Crippen molar-refractivity contribution in [2.45, 2.75) is 19.3 Å². The quantitative estimate of drug-likeness (QED) is 0.731. The molecule has 0 saturated heterocycles. The van der Waals surface area contributed by atoms with E-state index in [1.807, 2.05) is 0 Å². The van der Waals surface area contributed by atoms with E-state index in [0.29, 0.717) is 28.8 Å².